The highest BCUT2D eigenvalue weighted by atomic mass is 15.2. The highest BCUT2D eigenvalue weighted by Crippen LogP contribution is 2.48. The largest absolute Gasteiger partial charge is 0.311 e. The molecule has 0 amide bonds. The van der Waals surface area contributed by atoms with E-state index in [4.69, 9.17) is 0 Å². The first-order valence-electron chi connectivity index (χ1n) is 7.17. The van der Waals surface area contributed by atoms with Crippen molar-refractivity contribution in [3.63, 3.8) is 0 Å². The topological polar surface area (TPSA) is 15.3 Å². The van der Waals surface area contributed by atoms with Crippen LogP contribution in [0, 0.1) is 5.41 Å². The fourth-order valence-corrected chi connectivity index (χ4v) is 3.06. The third kappa shape index (κ3) is 2.28. The molecule has 0 aromatic heterocycles. The van der Waals surface area contributed by atoms with Crippen molar-refractivity contribution in [3.8, 4) is 0 Å². The molecule has 2 saturated carbocycles. The standard InChI is InChI=1S/C14H26N2/c1-11(14(2)7-8-14)15-12-5-9-16(10-6-12)13-3-4-13/h11-13,15H,3-10H2,1-2H3. The van der Waals surface area contributed by atoms with Crippen molar-refractivity contribution < 1.29 is 0 Å². The molecule has 1 N–H and O–H groups in total. The molecule has 1 aliphatic heterocycles. The van der Waals surface area contributed by atoms with Gasteiger partial charge in [-0.3, -0.25) is 0 Å². The van der Waals surface area contributed by atoms with Crippen molar-refractivity contribution in [2.24, 2.45) is 5.41 Å². The minimum atomic E-state index is 0.633. The summed E-state index contributed by atoms with van der Waals surface area (Å²) in [5.74, 6) is 0. The molecule has 1 unspecified atom stereocenters. The zero-order chi connectivity index (χ0) is 11.2. The summed E-state index contributed by atoms with van der Waals surface area (Å²) >= 11 is 0. The van der Waals surface area contributed by atoms with Gasteiger partial charge >= 0.3 is 0 Å². The summed E-state index contributed by atoms with van der Waals surface area (Å²) in [4.78, 5) is 2.71. The maximum atomic E-state index is 3.87. The molecule has 1 saturated heterocycles. The number of rotatable bonds is 4. The lowest BCUT2D eigenvalue weighted by Crippen LogP contribution is -2.48. The van der Waals surface area contributed by atoms with Crippen LogP contribution in [0.2, 0.25) is 0 Å². The second-order valence-electron chi connectivity index (χ2n) is 6.58. The van der Waals surface area contributed by atoms with Gasteiger partial charge in [-0.2, -0.15) is 0 Å². The number of nitrogens with zero attached hydrogens (tertiary/aromatic N) is 1. The van der Waals surface area contributed by atoms with Crippen molar-refractivity contribution in [2.45, 2.75) is 70.5 Å². The zero-order valence-corrected chi connectivity index (χ0v) is 10.8. The Bertz CT molecular complexity index is 247. The van der Waals surface area contributed by atoms with Crippen LogP contribution in [0.25, 0.3) is 0 Å². The molecule has 3 aliphatic rings. The monoisotopic (exact) mass is 222 g/mol. The van der Waals surface area contributed by atoms with Gasteiger partial charge in [-0.05, 0) is 64.0 Å². The van der Waals surface area contributed by atoms with Crippen LogP contribution < -0.4 is 5.32 Å². The highest BCUT2D eigenvalue weighted by molar-refractivity contribution is 4.98. The maximum absolute atomic E-state index is 3.87. The smallest absolute Gasteiger partial charge is 0.00964 e. The molecule has 3 rings (SSSR count). The van der Waals surface area contributed by atoms with Gasteiger partial charge in [0.2, 0.25) is 0 Å². The van der Waals surface area contributed by atoms with E-state index in [9.17, 15) is 0 Å². The Balaban J connectivity index is 1.43. The first-order valence-corrected chi connectivity index (χ1v) is 7.17. The summed E-state index contributed by atoms with van der Waals surface area (Å²) in [5, 5.41) is 3.87. The minimum Gasteiger partial charge on any atom is -0.311 e. The Morgan fingerprint density at radius 2 is 1.75 bits per heavy atom. The van der Waals surface area contributed by atoms with Crippen LogP contribution in [-0.2, 0) is 0 Å². The van der Waals surface area contributed by atoms with Crippen LogP contribution in [0.15, 0.2) is 0 Å². The lowest BCUT2D eigenvalue weighted by molar-refractivity contribution is 0.176. The zero-order valence-electron chi connectivity index (χ0n) is 10.8. The third-order valence-electron chi connectivity index (χ3n) is 5.16. The molecule has 0 aromatic rings. The molecule has 2 heteroatoms. The first-order chi connectivity index (χ1) is 7.67. The van der Waals surface area contributed by atoms with E-state index in [0.29, 0.717) is 5.41 Å². The summed E-state index contributed by atoms with van der Waals surface area (Å²) in [6.07, 6.45) is 8.54. The molecule has 3 fully saturated rings. The van der Waals surface area contributed by atoms with Crippen LogP contribution >= 0.6 is 0 Å². The normalized spacial score (nSPS) is 32.6. The molecule has 0 radical (unpaired) electrons. The third-order valence-corrected chi connectivity index (χ3v) is 5.16. The number of likely N-dealkylation sites (tertiary alicyclic amines) is 1. The Morgan fingerprint density at radius 1 is 1.12 bits per heavy atom. The van der Waals surface area contributed by atoms with E-state index in [1.807, 2.05) is 0 Å². The van der Waals surface area contributed by atoms with Crippen LogP contribution in [0.1, 0.15) is 52.4 Å². The van der Waals surface area contributed by atoms with Crippen molar-refractivity contribution in [3.05, 3.63) is 0 Å². The highest BCUT2D eigenvalue weighted by Gasteiger charge is 2.43. The quantitative estimate of drug-likeness (QED) is 0.786. The number of hydrogen-bond donors (Lipinski definition) is 1. The van der Waals surface area contributed by atoms with Gasteiger partial charge in [0.25, 0.3) is 0 Å². The molecule has 0 spiro atoms. The molecule has 2 aliphatic carbocycles. The maximum Gasteiger partial charge on any atom is 0.00964 e. The molecule has 0 bridgehead atoms. The molecule has 0 aromatic carbocycles. The van der Waals surface area contributed by atoms with E-state index in [1.54, 1.807) is 0 Å². The second kappa shape index (κ2) is 3.99. The molecule has 92 valence electrons. The second-order valence-corrected chi connectivity index (χ2v) is 6.58. The summed E-state index contributed by atoms with van der Waals surface area (Å²) in [7, 11) is 0. The fraction of sp³-hybridized carbons (Fsp3) is 1.00. The van der Waals surface area contributed by atoms with Crippen LogP contribution in [-0.4, -0.2) is 36.1 Å². The molecule has 1 atom stereocenters. The molecule has 2 nitrogen and oxygen atoms in total. The summed E-state index contributed by atoms with van der Waals surface area (Å²) in [6, 6.07) is 2.49. The Kier molecular flexibility index (Phi) is 2.75. The summed E-state index contributed by atoms with van der Waals surface area (Å²) in [6.45, 7) is 7.50. The van der Waals surface area contributed by atoms with E-state index in [2.05, 4.69) is 24.1 Å². The van der Waals surface area contributed by atoms with E-state index < -0.39 is 0 Å². The predicted octanol–water partition coefficient (Wildman–Crippen LogP) is 2.39. The fourth-order valence-electron chi connectivity index (χ4n) is 3.06. The first kappa shape index (κ1) is 11.0. The average Bonchev–Trinajstić information content (AvgIpc) is 3.13. The SMILES string of the molecule is CC(NC1CCN(C2CC2)CC1)C1(C)CC1. The van der Waals surface area contributed by atoms with Gasteiger partial charge in [-0.25, -0.2) is 0 Å². The summed E-state index contributed by atoms with van der Waals surface area (Å²) in [5.41, 5.74) is 0.633. The van der Waals surface area contributed by atoms with Crippen molar-refractivity contribution in [1.82, 2.24) is 10.2 Å². The Morgan fingerprint density at radius 3 is 2.25 bits per heavy atom. The Labute approximate surface area is 99.8 Å². The van der Waals surface area contributed by atoms with Crippen molar-refractivity contribution >= 4 is 0 Å². The van der Waals surface area contributed by atoms with Gasteiger partial charge in [0.15, 0.2) is 0 Å². The van der Waals surface area contributed by atoms with Gasteiger partial charge in [-0.1, -0.05) is 6.92 Å². The van der Waals surface area contributed by atoms with Crippen LogP contribution in [0.4, 0.5) is 0 Å². The molecule has 16 heavy (non-hydrogen) atoms. The van der Waals surface area contributed by atoms with Crippen molar-refractivity contribution in [1.29, 1.82) is 0 Å². The van der Waals surface area contributed by atoms with Crippen LogP contribution in [0.3, 0.4) is 0 Å². The number of hydrogen-bond acceptors (Lipinski definition) is 2. The predicted molar refractivity (Wildman–Crippen MR) is 67.6 cm³/mol. The van der Waals surface area contributed by atoms with E-state index in [-0.39, 0.29) is 0 Å². The molecular formula is C14H26N2. The van der Waals surface area contributed by atoms with Gasteiger partial charge < -0.3 is 10.2 Å². The van der Waals surface area contributed by atoms with Crippen molar-refractivity contribution in [2.75, 3.05) is 13.1 Å². The number of nitrogens with one attached hydrogen (secondary N) is 1. The van der Waals surface area contributed by atoms with Gasteiger partial charge in [0, 0.05) is 18.1 Å². The van der Waals surface area contributed by atoms with Gasteiger partial charge in [0.05, 0.1) is 0 Å². The lowest BCUT2D eigenvalue weighted by Gasteiger charge is -2.35. The minimum absolute atomic E-state index is 0.633. The van der Waals surface area contributed by atoms with E-state index in [1.165, 1.54) is 51.6 Å². The molecule has 1 heterocycles. The lowest BCUT2D eigenvalue weighted by atomic mass is 9.97. The summed E-state index contributed by atoms with van der Waals surface area (Å²) < 4.78 is 0. The Hall–Kier alpha value is -0.0800. The van der Waals surface area contributed by atoms with E-state index >= 15 is 0 Å². The van der Waals surface area contributed by atoms with E-state index in [0.717, 1.165) is 18.1 Å². The van der Waals surface area contributed by atoms with Gasteiger partial charge in [-0.15, -0.1) is 0 Å². The van der Waals surface area contributed by atoms with Crippen LogP contribution in [0.5, 0.6) is 0 Å². The number of piperidine rings is 1. The average molecular weight is 222 g/mol. The van der Waals surface area contributed by atoms with Gasteiger partial charge in [0.1, 0.15) is 0 Å². The molecular weight excluding hydrogens is 196 g/mol.